The first-order chi connectivity index (χ1) is 9.81. The van der Waals surface area contributed by atoms with Gasteiger partial charge in [-0.2, -0.15) is 0 Å². The van der Waals surface area contributed by atoms with Crippen LogP contribution in [0.1, 0.15) is 64.7 Å². The summed E-state index contributed by atoms with van der Waals surface area (Å²) in [4.78, 5) is 2.80. The van der Waals surface area contributed by atoms with E-state index in [9.17, 15) is 0 Å². The molecule has 0 amide bonds. The molecule has 0 radical (unpaired) electrons. The van der Waals surface area contributed by atoms with Crippen molar-refractivity contribution in [2.45, 2.75) is 82.4 Å². The average molecular weight is 280 g/mol. The Morgan fingerprint density at radius 3 is 2.80 bits per heavy atom. The minimum absolute atomic E-state index is 0.288. The summed E-state index contributed by atoms with van der Waals surface area (Å²) in [6, 6.07) is 1.52. The Bertz CT molecular complexity index is 297. The van der Waals surface area contributed by atoms with Crippen LogP contribution in [-0.2, 0) is 4.74 Å². The summed E-state index contributed by atoms with van der Waals surface area (Å²) in [6.45, 7) is 7.08. The van der Waals surface area contributed by atoms with Gasteiger partial charge in [0.2, 0.25) is 0 Å². The van der Waals surface area contributed by atoms with Gasteiger partial charge in [-0.3, -0.25) is 4.90 Å². The highest BCUT2D eigenvalue weighted by atomic mass is 16.5. The van der Waals surface area contributed by atoms with Crippen LogP contribution in [0.2, 0.25) is 0 Å². The van der Waals surface area contributed by atoms with Crippen molar-refractivity contribution in [2.24, 2.45) is 0 Å². The molecule has 1 N–H and O–H groups in total. The fraction of sp³-hybridized carbons (Fsp3) is 1.00. The van der Waals surface area contributed by atoms with E-state index in [-0.39, 0.29) is 5.60 Å². The first-order valence-electron chi connectivity index (χ1n) is 8.93. The van der Waals surface area contributed by atoms with Crippen LogP contribution in [0.3, 0.4) is 0 Å². The van der Waals surface area contributed by atoms with Crippen LogP contribution in [0, 0.1) is 0 Å². The maximum Gasteiger partial charge on any atom is 0.0697 e. The van der Waals surface area contributed by atoms with Gasteiger partial charge in [-0.15, -0.1) is 0 Å². The molecule has 3 aliphatic rings. The largest absolute Gasteiger partial charge is 0.375 e. The lowest BCUT2D eigenvalue weighted by Crippen LogP contribution is -2.54. The number of nitrogens with one attached hydrogen (secondary N) is 1. The molecule has 116 valence electrons. The van der Waals surface area contributed by atoms with Crippen LogP contribution in [0.15, 0.2) is 0 Å². The molecule has 0 bridgehead atoms. The normalized spacial score (nSPS) is 32.7. The number of ether oxygens (including phenoxy) is 1. The summed E-state index contributed by atoms with van der Waals surface area (Å²) < 4.78 is 6.11. The molecule has 2 saturated heterocycles. The summed E-state index contributed by atoms with van der Waals surface area (Å²) >= 11 is 0. The maximum atomic E-state index is 6.11. The van der Waals surface area contributed by atoms with E-state index in [0.29, 0.717) is 0 Å². The summed E-state index contributed by atoms with van der Waals surface area (Å²) in [5, 5.41) is 3.68. The van der Waals surface area contributed by atoms with Gasteiger partial charge in [0.05, 0.1) is 5.60 Å². The smallest absolute Gasteiger partial charge is 0.0697 e. The Labute approximate surface area is 124 Å². The highest BCUT2D eigenvalue weighted by Gasteiger charge is 2.44. The van der Waals surface area contributed by atoms with Gasteiger partial charge in [0.15, 0.2) is 0 Å². The van der Waals surface area contributed by atoms with Gasteiger partial charge in [-0.05, 0) is 64.5 Å². The second kappa shape index (κ2) is 6.76. The lowest BCUT2D eigenvalue weighted by Gasteiger charge is -2.50. The summed E-state index contributed by atoms with van der Waals surface area (Å²) in [6.07, 6.45) is 11.9. The number of hydrogen-bond donors (Lipinski definition) is 1. The quantitative estimate of drug-likeness (QED) is 0.809. The van der Waals surface area contributed by atoms with Crippen LogP contribution in [-0.4, -0.2) is 48.8 Å². The molecule has 1 spiro atoms. The molecular weight excluding hydrogens is 248 g/mol. The molecule has 2 heterocycles. The maximum absolute atomic E-state index is 6.11. The molecule has 3 heteroatoms. The fourth-order valence-corrected chi connectivity index (χ4v) is 4.21. The van der Waals surface area contributed by atoms with Crippen molar-refractivity contribution in [1.29, 1.82) is 0 Å². The molecule has 1 saturated carbocycles. The molecule has 0 aromatic rings. The van der Waals surface area contributed by atoms with Crippen LogP contribution < -0.4 is 5.32 Å². The zero-order valence-corrected chi connectivity index (χ0v) is 13.2. The molecule has 3 fully saturated rings. The zero-order valence-electron chi connectivity index (χ0n) is 13.2. The van der Waals surface area contributed by atoms with Crippen molar-refractivity contribution in [2.75, 3.05) is 26.2 Å². The van der Waals surface area contributed by atoms with Gasteiger partial charge in [0, 0.05) is 25.2 Å². The Kier molecular flexibility index (Phi) is 5.00. The average Bonchev–Trinajstić information content (AvgIpc) is 2.95. The van der Waals surface area contributed by atoms with Crippen LogP contribution in [0.4, 0.5) is 0 Å². The fourth-order valence-electron chi connectivity index (χ4n) is 4.21. The summed E-state index contributed by atoms with van der Waals surface area (Å²) in [7, 11) is 0. The van der Waals surface area contributed by atoms with Gasteiger partial charge in [0.25, 0.3) is 0 Å². The van der Waals surface area contributed by atoms with E-state index < -0.39 is 0 Å². The van der Waals surface area contributed by atoms with Crippen molar-refractivity contribution >= 4 is 0 Å². The lowest BCUT2D eigenvalue weighted by molar-refractivity contribution is -0.149. The van der Waals surface area contributed by atoms with E-state index >= 15 is 0 Å². The molecule has 2 unspecified atom stereocenters. The van der Waals surface area contributed by atoms with Gasteiger partial charge >= 0.3 is 0 Å². The third-order valence-electron chi connectivity index (χ3n) is 5.66. The summed E-state index contributed by atoms with van der Waals surface area (Å²) in [5.74, 6) is 0. The molecule has 20 heavy (non-hydrogen) atoms. The number of rotatable bonds is 6. The van der Waals surface area contributed by atoms with E-state index in [1.165, 1.54) is 77.4 Å². The first kappa shape index (κ1) is 14.8. The second-order valence-corrected chi connectivity index (χ2v) is 7.17. The van der Waals surface area contributed by atoms with E-state index in [1.54, 1.807) is 0 Å². The molecule has 2 atom stereocenters. The summed E-state index contributed by atoms with van der Waals surface area (Å²) in [5.41, 5.74) is 0.288. The molecule has 2 aliphatic heterocycles. The standard InChI is InChI=1S/C17H32N2O/c1-2-3-11-19(14-15-6-4-10-18-15)16-7-12-20-17(13-16)8-5-9-17/h15-16,18H,2-14H2,1H3. The van der Waals surface area contributed by atoms with E-state index in [1.807, 2.05) is 0 Å². The van der Waals surface area contributed by atoms with Crippen molar-refractivity contribution in [3.05, 3.63) is 0 Å². The predicted octanol–water partition coefficient (Wildman–Crippen LogP) is 2.94. The Morgan fingerprint density at radius 2 is 2.15 bits per heavy atom. The van der Waals surface area contributed by atoms with Crippen molar-refractivity contribution in [3.63, 3.8) is 0 Å². The van der Waals surface area contributed by atoms with Crippen LogP contribution in [0.5, 0.6) is 0 Å². The van der Waals surface area contributed by atoms with Gasteiger partial charge < -0.3 is 10.1 Å². The van der Waals surface area contributed by atoms with Crippen molar-refractivity contribution in [3.8, 4) is 0 Å². The molecule has 0 aromatic carbocycles. The lowest BCUT2D eigenvalue weighted by atomic mass is 9.73. The molecular formula is C17H32N2O. The first-order valence-corrected chi connectivity index (χ1v) is 8.93. The van der Waals surface area contributed by atoms with Gasteiger partial charge in [0.1, 0.15) is 0 Å². The SMILES string of the molecule is CCCCN(CC1CCCN1)C1CCOC2(CCC2)C1. The zero-order chi connectivity index (χ0) is 13.8. The highest BCUT2D eigenvalue weighted by molar-refractivity contribution is 4.97. The molecule has 1 aliphatic carbocycles. The minimum Gasteiger partial charge on any atom is -0.375 e. The Morgan fingerprint density at radius 1 is 1.25 bits per heavy atom. The predicted molar refractivity (Wildman–Crippen MR) is 83.1 cm³/mol. The van der Waals surface area contributed by atoms with Crippen molar-refractivity contribution in [1.82, 2.24) is 10.2 Å². The van der Waals surface area contributed by atoms with E-state index in [4.69, 9.17) is 4.74 Å². The van der Waals surface area contributed by atoms with Gasteiger partial charge in [-0.1, -0.05) is 13.3 Å². The Hall–Kier alpha value is -0.120. The van der Waals surface area contributed by atoms with E-state index in [2.05, 4.69) is 17.1 Å². The topological polar surface area (TPSA) is 24.5 Å². The number of unbranched alkanes of at least 4 members (excludes halogenated alkanes) is 1. The van der Waals surface area contributed by atoms with E-state index in [0.717, 1.165) is 18.7 Å². The molecule has 0 aromatic heterocycles. The highest BCUT2D eigenvalue weighted by Crippen LogP contribution is 2.43. The van der Waals surface area contributed by atoms with Gasteiger partial charge in [-0.25, -0.2) is 0 Å². The third kappa shape index (κ3) is 3.37. The monoisotopic (exact) mass is 280 g/mol. The second-order valence-electron chi connectivity index (χ2n) is 7.17. The van der Waals surface area contributed by atoms with Crippen LogP contribution >= 0.6 is 0 Å². The number of nitrogens with zero attached hydrogens (tertiary/aromatic N) is 1. The minimum atomic E-state index is 0.288. The molecule has 3 rings (SSSR count). The molecule has 3 nitrogen and oxygen atoms in total. The van der Waals surface area contributed by atoms with Crippen LogP contribution in [0.25, 0.3) is 0 Å². The Balaban J connectivity index is 1.57. The third-order valence-corrected chi connectivity index (χ3v) is 5.66. The number of hydrogen-bond acceptors (Lipinski definition) is 3. The van der Waals surface area contributed by atoms with Crippen molar-refractivity contribution < 1.29 is 4.74 Å².